The third kappa shape index (κ3) is 4.64. The van der Waals surface area contributed by atoms with Crippen LogP contribution in [0, 0.1) is 5.41 Å². The van der Waals surface area contributed by atoms with Crippen molar-refractivity contribution in [1.82, 2.24) is 4.90 Å². The number of Topliss-reactive ketones (excluding diaryl/α,β-unsaturated/α-hetero) is 1. The summed E-state index contributed by atoms with van der Waals surface area (Å²) in [4.78, 5) is 14.2. The average molecular weight is 277 g/mol. The highest BCUT2D eigenvalue weighted by Gasteiger charge is 2.24. The van der Waals surface area contributed by atoms with E-state index in [1.54, 1.807) is 7.11 Å². The molecule has 0 saturated heterocycles. The van der Waals surface area contributed by atoms with Crippen LogP contribution in [0.3, 0.4) is 0 Å². The van der Waals surface area contributed by atoms with E-state index in [2.05, 4.69) is 17.9 Å². The van der Waals surface area contributed by atoms with Crippen LogP contribution in [0.1, 0.15) is 33.3 Å². The summed E-state index contributed by atoms with van der Waals surface area (Å²) < 4.78 is 5.38. The number of methoxy groups -OCH3 is 1. The number of ketones is 1. The van der Waals surface area contributed by atoms with Gasteiger partial charge in [0.25, 0.3) is 0 Å². The zero-order valence-electron chi connectivity index (χ0n) is 13.6. The quantitative estimate of drug-likeness (QED) is 0.800. The molecule has 0 aliphatic carbocycles. The highest BCUT2D eigenvalue weighted by atomic mass is 16.5. The first-order chi connectivity index (χ1) is 9.25. The summed E-state index contributed by atoms with van der Waals surface area (Å²) in [5, 5.41) is 0. The largest absolute Gasteiger partial charge is 0.496 e. The highest BCUT2D eigenvalue weighted by Crippen LogP contribution is 2.21. The summed E-state index contributed by atoms with van der Waals surface area (Å²) >= 11 is 0. The van der Waals surface area contributed by atoms with Crippen LogP contribution >= 0.6 is 0 Å². The van der Waals surface area contributed by atoms with Gasteiger partial charge in [-0.1, -0.05) is 39.0 Å². The maximum atomic E-state index is 12.1. The van der Waals surface area contributed by atoms with Gasteiger partial charge in [-0.05, 0) is 32.0 Å². The summed E-state index contributed by atoms with van der Waals surface area (Å²) in [5.41, 5.74) is 0.899. The molecule has 0 radical (unpaired) electrons. The topological polar surface area (TPSA) is 29.5 Å². The molecular formula is C17H27NO2. The molecule has 112 valence electrons. The lowest BCUT2D eigenvalue weighted by Gasteiger charge is -2.27. The molecule has 0 spiro atoms. The Morgan fingerprint density at radius 1 is 1.30 bits per heavy atom. The van der Waals surface area contributed by atoms with Crippen molar-refractivity contribution in [1.29, 1.82) is 0 Å². The minimum Gasteiger partial charge on any atom is -0.496 e. The number of hydrogen-bond acceptors (Lipinski definition) is 3. The molecule has 0 amide bonds. The third-order valence-electron chi connectivity index (χ3n) is 3.69. The fourth-order valence-corrected chi connectivity index (χ4v) is 1.97. The maximum Gasteiger partial charge on any atom is 0.152 e. The van der Waals surface area contributed by atoms with E-state index >= 15 is 0 Å². The number of carbonyl (C=O) groups excluding carboxylic acids is 1. The van der Waals surface area contributed by atoms with Crippen LogP contribution in [-0.2, 0) is 11.2 Å². The van der Waals surface area contributed by atoms with E-state index in [0.717, 1.165) is 12.2 Å². The van der Waals surface area contributed by atoms with Gasteiger partial charge in [0.15, 0.2) is 5.78 Å². The molecule has 0 aliphatic heterocycles. The number of nitrogens with zero attached hydrogens (tertiary/aromatic N) is 1. The van der Waals surface area contributed by atoms with Crippen LogP contribution in [0.25, 0.3) is 0 Å². The zero-order valence-corrected chi connectivity index (χ0v) is 13.6. The molecule has 3 heteroatoms. The second kappa shape index (κ2) is 6.89. The van der Waals surface area contributed by atoms with Gasteiger partial charge in [-0.15, -0.1) is 0 Å². The molecule has 3 nitrogen and oxygen atoms in total. The van der Waals surface area contributed by atoms with Gasteiger partial charge in [0.1, 0.15) is 5.75 Å². The number of para-hydroxylation sites is 1. The Morgan fingerprint density at radius 2 is 1.90 bits per heavy atom. The summed E-state index contributed by atoms with van der Waals surface area (Å²) in [7, 11) is 3.69. The Bertz CT molecular complexity index is 449. The summed E-state index contributed by atoms with van der Waals surface area (Å²) in [5.74, 6) is 1.18. The van der Waals surface area contributed by atoms with Gasteiger partial charge in [0.2, 0.25) is 0 Å². The van der Waals surface area contributed by atoms with Crippen molar-refractivity contribution in [3.05, 3.63) is 29.8 Å². The second-order valence-electron chi connectivity index (χ2n) is 6.45. The molecular weight excluding hydrogens is 250 g/mol. The van der Waals surface area contributed by atoms with E-state index in [1.807, 2.05) is 46.0 Å². The summed E-state index contributed by atoms with van der Waals surface area (Å²) in [6, 6.07) is 8.33. The number of carbonyl (C=O) groups is 1. The first kappa shape index (κ1) is 16.7. The Morgan fingerprint density at radius 3 is 2.45 bits per heavy atom. The number of likely N-dealkylation sites (N-methyl/N-ethyl adjacent to an activating group) is 1. The fourth-order valence-electron chi connectivity index (χ4n) is 1.97. The third-order valence-corrected chi connectivity index (χ3v) is 3.69. The van der Waals surface area contributed by atoms with Crippen LogP contribution in [0.2, 0.25) is 0 Å². The fraction of sp³-hybridized carbons (Fsp3) is 0.588. The SMILES string of the molecule is COc1ccccc1CC(C)N(C)CC(=O)C(C)(C)C. The van der Waals surface area contributed by atoms with Gasteiger partial charge in [-0.3, -0.25) is 9.69 Å². The van der Waals surface area contributed by atoms with Gasteiger partial charge in [-0.2, -0.15) is 0 Å². The smallest absolute Gasteiger partial charge is 0.152 e. The van der Waals surface area contributed by atoms with E-state index in [-0.39, 0.29) is 17.2 Å². The molecule has 1 atom stereocenters. The number of rotatable bonds is 6. The molecule has 0 aliphatic rings. The summed E-state index contributed by atoms with van der Waals surface area (Å²) in [6.45, 7) is 8.53. The predicted molar refractivity (Wildman–Crippen MR) is 83.3 cm³/mol. The van der Waals surface area contributed by atoms with Gasteiger partial charge in [-0.25, -0.2) is 0 Å². The van der Waals surface area contributed by atoms with Crippen molar-refractivity contribution >= 4 is 5.78 Å². The van der Waals surface area contributed by atoms with Crippen molar-refractivity contribution in [2.75, 3.05) is 20.7 Å². The number of hydrogen-bond donors (Lipinski definition) is 0. The number of benzene rings is 1. The second-order valence-corrected chi connectivity index (χ2v) is 6.45. The van der Waals surface area contributed by atoms with Crippen molar-refractivity contribution < 1.29 is 9.53 Å². The lowest BCUT2D eigenvalue weighted by atomic mass is 9.90. The van der Waals surface area contributed by atoms with Crippen LogP contribution in [0.5, 0.6) is 5.75 Å². The van der Waals surface area contributed by atoms with Crippen LogP contribution in [0.4, 0.5) is 0 Å². The van der Waals surface area contributed by atoms with Gasteiger partial charge >= 0.3 is 0 Å². The van der Waals surface area contributed by atoms with E-state index in [9.17, 15) is 4.79 Å². The molecule has 0 N–H and O–H groups in total. The Labute approximate surface area is 122 Å². The molecule has 0 bridgehead atoms. The molecule has 0 aromatic heterocycles. The Balaban J connectivity index is 2.66. The Kier molecular flexibility index (Phi) is 5.75. The predicted octanol–water partition coefficient (Wildman–Crippen LogP) is 3.17. The maximum absolute atomic E-state index is 12.1. The zero-order chi connectivity index (χ0) is 15.3. The lowest BCUT2D eigenvalue weighted by Crippen LogP contribution is -2.39. The Hall–Kier alpha value is -1.35. The molecule has 1 unspecified atom stereocenters. The van der Waals surface area contributed by atoms with Gasteiger partial charge in [0, 0.05) is 11.5 Å². The highest BCUT2D eigenvalue weighted by molar-refractivity contribution is 5.85. The van der Waals surface area contributed by atoms with Crippen LogP contribution in [-0.4, -0.2) is 37.4 Å². The molecule has 0 fully saturated rings. The molecule has 1 rings (SSSR count). The molecule has 0 saturated carbocycles. The molecule has 1 aromatic carbocycles. The average Bonchev–Trinajstić information content (AvgIpc) is 2.38. The van der Waals surface area contributed by atoms with Crippen molar-refractivity contribution in [2.45, 2.75) is 40.2 Å². The van der Waals surface area contributed by atoms with E-state index in [1.165, 1.54) is 5.56 Å². The summed E-state index contributed by atoms with van der Waals surface area (Å²) in [6.07, 6.45) is 0.873. The normalized spacial score (nSPS) is 13.3. The first-order valence-corrected chi connectivity index (χ1v) is 7.11. The molecule has 0 heterocycles. The van der Waals surface area contributed by atoms with Gasteiger partial charge in [0.05, 0.1) is 13.7 Å². The van der Waals surface area contributed by atoms with Gasteiger partial charge < -0.3 is 4.74 Å². The van der Waals surface area contributed by atoms with Crippen molar-refractivity contribution in [3.8, 4) is 5.75 Å². The lowest BCUT2D eigenvalue weighted by molar-refractivity contribution is -0.127. The monoisotopic (exact) mass is 277 g/mol. The van der Waals surface area contributed by atoms with Crippen molar-refractivity contribution in [2.24, 2.45) is 5.41 Å². The molecule has 1 aromatic rings. The number of ether oxygens (including phenoxy) is 1. The van der Waals surface area contributed by atoms with E-state index in [4.69, 9.17) is 4.74 Å². The van der Waals surface area contributed by atoms with E-state index < -0.39 is 0 Å². The minimum atomic E-state index is -0.279. The van der Waals surface area contributed by atoms with E-state index in [0.29, 0.717) is 6.54 Å². The minimum absolute atomic E-state index is 0.270. The van der Waals surface area contributed by atoms with Crippen LogP contribution in [0.15, 0.2) is 24.3 Å². The molecule has 20 heavy (non-hydrogen) atoms. The van der Waals surface area contributed by atoms with Crippen molar-refractivity contribution in [3.63, 3.8) is 0 Å². The standard InChI is InChI=1S/C17H27NO2/c1-13(18(5)12-16(19)17(2,3)4)11-14-9-7-8-10-15(14)20-6/h7-10,13H,11-12H2,1-6H3. The first-order valence-electron chi connectivity index (χ1n) is 7.11. The van der Waals surface area contributed by atoms with Crippen LogP contribution < -0.4 is 4.74 Å².